The Balaban J connectivity index is 1.71. The molecule has 0 unspecified atom stereocenters. The van der Waals surface area contributed by atoms with Gasteiger partial charge in [0, 0.05) is 10.8 Å². The van der Waals surface area contributed by atoms with Crippen molar-refractivity contribution in [2.75, 3.05) is 4.90 Å². The molecular weight excluding hydrogens is 334 g/mol. The minimum atomic E-state index is -0.0976. The molecule has 6 heteroatoms. The molecule has 0 atom stereocenters. The maximum absolute atomic E-state index is 13.1. The van der Waals surface area contributed by atoms with Gasteiger partial charge in [0.15, 0.2) is 10.7 Å². The van der Waals surface area contributed by atoms with E-state index in [-0.39, 0.29) is 12.3 Å². The molecule has 0 radical (unpaired) electrons. The lowest BCUT2D eigenvalue weighted by atomic mass is 10.1. The van der Waals surface area contributed by atoms with Crippen LogP contribution in [-0.2, 0) is 11.2 Å². The van der Waals surface area contributed by atoms with E-state index in [1.54, 1.807) is 4.90 Å². The molecule has 0 bridgehead atoms. The maximum atomic E-state index is 13.1. The normalized spacial score (nSPS) is 10.9. The number of aryl methyl sites for hydroxylation is 1. The van der Waals surface area contributed by atoms with Crippen LogP contribution in [0.2, 0.25) is 0 Å². The molecule has 2 aromatic heterocycles. The summed E-state index contributed by atoms with van der Waals surface area (Å²) in [4.78, 5) is 19.2. The van der Waals surface area contributed by atoms with Gasteiger partial charge in [0.05, 0.1) is 17.8 Å². The number of hydrogen-bond donors (Lipinski definition) is 0. The number of anilines is 2. The maximum Gasteiger partial charge on any atom is 0.239 e. The van der Waals surface area contributed by atoms with Crippen LogP contribution in [-0.4, -0.2) is 16.0 Å². The van der Waals surface area contributed by atoms with Crippen LogP contribution in [0.5, 0.6) is 0 Å². The molecular formula is C19H15N3O2S. The Labute approximate surface area is 148 Å². The fourth-order valence-electron chi connectivity index (χ4n) is 2.67. The highest BCUT2D eigenvalue weighted by Gasteiger charge is 2.23. The Morgan fingerprint density at radius 3 is 2.64 bits per heavy atom. The number of para-hydroxylation sites is 2. The van der Waals surface area contributed by atoms with Crippen molar-refractivity contribution < 1.29 is 9.32 Å². The highest BCUT2D eigenvalue weighted by atomic mass is 32.1. The second-order valence-electron chi connectivity index (χ2n) is 5.64. The van der Waals surface area contributed by atoms with E-state index in [4.69, 9.17) is 4.52 Å². The molecule has 0 saturated carbocycles. The van der Waals surface area contributed by atoms with Crippen LogP contribution in [0.4, 0.5) is 10.8 Å². The smallest absolute Gasteiger partial charge is 0.239 e. The zero-order valence-electron chi connectivity index (χ0n) is 13.5. The van der Waals surface area contributed by atoms with Gasteiger partial charge in [0.2, 0.25) is 5.91 Å². The van der Waals surface area contributed by atoms with Crippen molar-refractivity contribution in [1.82, 2.24) is 10.1 Å². The molecule has 0 spiro atoms. The predicted octanol–water partition coefficient (Wildman–Crippen LogP) is 4.50. The monoisotopic (exact) mass is 349 g/mol. The Morgan fingerprint density at radius 2 is 1.88 bits per heavy atom. The van der Waals surface area contributed by atoms with Gasteiger partial charge < -0.3 is 4.52 Å². The highest BCUT2D eigenvalue weighted by Crippen LogP contribution is 2.30. The van der Waals surface area contributed by atoms with E-state index in [0.29, 0.717) is 16.4 Å². The fourth-order valence-corrected chi connectivity index (χ4v) is 3.51. The van der Waals surface area contributed by atoms with Crippen molar-refractivity contribution in [2.24, 2.45) is 0 Å². The van der Waals surface area contributed by atoms with Crippen LogP contribution >= 0.6 is 11.3 Å². The molecule has 0 aliphatic carbocycles. The Bertz CT molecular complexity index is 1020. The second kappa shape index (κ2) is 6.49. The summed E-state index contributed by atoms with van der Waals surface area (Å²) < 4.78 is 5.31. The van der Waals surface area contributed by atoms with Crippen LogP contribution in [0.15, 0.2) is 64.5 Å². The number of benzene rings is 2. The van der Waals surface area contributed by atoms with Gasteiger partial charge in [0.1, 0.15) is 5.69 Å². The first kappa shape index (κ1) is 15.5. The zero-order chi connectivity index (χ0) is 17.2. The van der Waals surface area contributed by atoms with Crippen LogP contribution in [0, 0.1) is 6.92 Å². The number of carbonyl (C=O) groups is 1. The number of amides is 1. The lowest BCUT2D eigenvalue weighted by Crippen LogP contribution is -2.27. The van der Waals surface area contributed by atoms with Crippen molar-refractivity contribution in [2.45, 2.75) is 13.3 Å². The van der Waals surface area contributed by atoms with Gasteiger partial charge >= 0.3 is 0 Å². The minimum Gasteiger partial charge on any atom is -0.356 e. The summed E-state index contributed by atoms with van der Waals surface area (Å²) >= 11 is 1.45. The summed E-state index contributed by atoms with van der Waals surface area (Å²) in [6.07, 6.45) is 0.143. The summed E-state index contributed by atoms with van der Waals surface area (Å²) in [6.45, 7) is 1.92. The van der Waals surface area contributed by atoms with Gasteiger partial charge in [0.25, 0.3) is 0 Å². The molecule has 2 aromatic carbocycles. The molecule has 25 heavy (non-hydrogen) atoms. The summed E-state index contributed by atoms with van der Waals surface area (Å²) in [7, 11) is 0. The van der Waals surface area contributed by atoms with Gasteiger partial charge in [-0.15, -0.1) is 11.3 Å². The summed E-state index contributed by atoms with van der Waals surface area (Å²) in [6, 6.07) is 17.1. The summed E-state index contributed by atoms with van der Waals surface area (Å²) in [5.74, 6) is -0.0976. The molecule has 5 nitrogen and oxygen atoms in total. The first-order valence-corrected chi connectivity index (χ1v) is 8.74. The lowest BCUT2D eigenvalue weighted by molar-refractivity contribution is -0.117. The van der Waals surface area contributed by atoms with Gasteiger partial charge in [-0.2, -0.15) is 0 Å². The van der Waals surface area contributed by atoms with Gasteiger partial charge in [-0.1, -0.05) is 35.5 Å². The lowest BCUT2D eigenvalue weighted by Gasteiger charge is -2.19. The first-order valence-electron chi connectivity index (χ1n) is 7.86. The third-order valence-corrected chi connectivity index (χ3v) is 4.78. The van der Waals surface area contributed by atoms with E-state index in [1.807, 2.05) is 66.9 Å². The van der Waals surface area contributed by atoms with E-state index in [2.05, 4.69) is 10.1 Å². The quantitative estimate of drug-likeness (QED) is 0.544. The minimum absolute atomic E-state index is 0.0976. The van der Waals surface area contributed by atoms with Gasteiger partial charge in [-0.25, -0.2) is 4.98 Å². The van der Waals surface area contributed by atoms with E-state index in [0.717, 1.165) is 16.8 Å². The zero-order valence-corrected chi connectivity index (χ0v) is 14.4. The Morgan fingerprint density at radius 1 is 1.12 bits per heavy atom. The summed E-state index contributed by atoms with van der Waals surface area (Å²) in [5.41, 5.74) is 2.99. The summed E-state index contributed by atoms with van der Waals surface area (Å²) in [5, 5.41) is 7.52. The number of rotatable bonds is 4. The third-order valence-electron chi connectivity index (χ3n) is 3.83. The highest BCUT2D eigenvalue weighted by molar-refractivity contribution is 7.14. The van der Waals surface area contributed by atoms with E-state index < -0.39 is 0 Å². The van der Waals surface area contributed by atoms with Crippen molar-refractivity contribution in [3.8, 4) is 0 Å². The molecule has 0 aliphatic rings. The molecule has 124 valence electrons. The molecule has 1 amide bonds. The van der Waals surface area contributed by atoms with Crippen molar-refractivity contribution in [1.29, 1.82) is 0 Å². The second-order valence-corrected chi connectivity index (χ2v) is 6.47. The van der Waals surface area contributed by atoms with Crippen LogP contribution in [0.3, 0.4) is 0 Å². The SMILES string of the molecule is Cc1csc(N(C(=O)Cc2noc3ccccc23)c2ccccc2)n1. The van der Waals surface area contributed by atoms with E-state index in [9.17, 15) is 4.79 Å². The third kappa shape index (κ3) is 3.04. The number of aromatic nitrogens is 2. The average molecular weight is 349 g/mol. The molecule has 4 aromatic rings. The number of hydrogen-bond acceptors (Lipinski definition) is 5. The number of nitrogens with zero attached hydrogens (tertiary/aromatic N) is 3. The van der Waals surface area contributed by atoms with Gasteiger partial charge in [-0.05, 0) is 31.2 Å². The Hall–Kier alpha value is -2.99. The molecule has 2 heterocycles. The van der Waals surface area contributed by atoms with Gasteiger partial charge in [-0.3, -0.25) is 9.69 Å². The van der Waals surface area contributed by atoms with Crippen LogP contribution < -0.4 is 4.90 Å². The largest absolute Gasteiger partial charge is 0.356 e. The van der Waals surface area contributed by atoms with Crippen molar-refractivity contribution >= 4 is 39.0 Å². The number of carbonyl (C=O) groups excluding carboxylic acids is 1. The molecule has 0 N–H and O–H groups in total. The number of thiazole rings is 1. The molecule has 0 aliphatic heterocycles. The molecule has 4 rings (SSSR count). The fraction of sp³-hybridized carbons (Fsp3) is 0.105. The predicted molar refractivity (Wildman–Crippen MR) is 98.2 cm³/mol. The molecule has 0 fully saturated rings. The first-order chi connectivity index (χ1) is 12.2. The van der Waals surface area contributed by atoms with Crippen LogP contribution in [0.1, 0.15) is 11.4 Å². The van der Waals surface area contributed by atoms with Crippen molar-refractivity contribution in [3.63, 3.8) is 0 Å². The van der Waals surface area contributed by atoms with Crippen LogP contribution in [0.25, 0.3) is 11.0 Å². The topological polar surface area (TPSA) is 59.2 Å². The molecule has 0 saturated heterocycles. The number of fused-ring (bicyclic) bond motifs is 1. The van der Waals surface area contributed by atoms with Crippen molar-refractivity contribution in [3.05, 3.63) is 71.4 Å². The standard InChI is InChI=1S/C19H15N3O2S/c1-13-12-25-19(20-13)22(14-7-3-2-4-8-14)18(23)11-16-15-9-5-6-10-17(15)24-21-16/h2-10,12H,11H2,1H3. The average Bonchev–Trinajstić information content (AvgIpc) is 3.23. The van der Waals surface area contributed by atoms with E-state index in [1.165, 1.54) is 11.3 Å². The Kier molecular flexibility index (Phi) is 4.03. The van der Waals surface area contributed by atoms with E-state index >= 15 is 0 Å².